The third-order valence-electron chi connectivity index (χ3n) is 4.72. The summed E-state index contributed by atoms with van der Waals surface area (Å²) in [5.41, 5.74) is 6.13. The van der Waals surface area contributed by atoms with Crippen molar-refractivity contribution in [3.63, 3.8) is 0 Å². The van der Waals surface area contributed by atoms with Crippen molar-refractivity contribution in [2.75, 3.05) is 19.6 Å². The highest BCUT2D eigenvalue weighted by Gasteiger charge is 2.42. The number of primary amides is 1. The van der Waals surface area contributed by atoms with Crippen molar-refractivity contribution in [3.8, 4) is 0 Å². The van der Waals surface area contributed by atoms with Gasteiger partial charge >= 0.3 is 0 Å². The van der Waals surface area contributed by atoms with Crippen LogP contribution in [-0.2, 0) is 10.3 Å². The molecular weight excluding hydrogens is 262 g/mol. The topological polar surface area (TPSA) is 58.4 Å². The first-order chi connectivity index (χ1) is 10.2. The Balaban J connectivity index is 1.82. The highest BCUT2D eigenvalue weighted by Crippen LogP contribution is 2.32. The van der Waals surface area contributed by atoms with Gasteiger partial charge in [-0.1, -0.05) is 30.3 Å². The number of nitrogens with zero attached hydrogens (tertiary/aromatic N) is 1. The molecule has 1 saturated heterocycles. The number of hydrogen-bond acceptors (Lipinski definition) is 3. The van der Waals surface area contributed by atoms with E-state index in [0.29, 0.717) is 6.04 Å². The predicted molar refractivity (Wildman–Crippen MR) is 83.8 cm³/mol. The first-order valence-electron chi connectivity index (χ1n) is 8.06. The van der Waals surface area contributed by atoms with Gasteiger partial charge in [-0.3, -0.25) is 10.1 Å². The molecule has 2 aliphatic rings. The van der Waals surface area contributed by atoms with Crippen LogP contribution < -0.4 is 11.1 Å². The lowest BCUT2D eigenvalue weighted by Gasteiger charge is -2.34. The van der Waals surface area contributed by atoms with Gasteiger partial charge in [0.2, 0.25) is 5.91 Å². The molecule has 0 aromatic heterocycles. The lowest BCUT2D eigenvalue weighted by molar-refractivity contribution is -0.125. The van der Waals surface area contributed by atoms with E-state index in [-0.39, 0.29) is 5.91 Å². The lowest BCUT2D eigenvalue weighted by atomic mass is 9.85. The molecule has 4 heteroatoms. The summed E-state index contributed by atoms with van der Waals surface area (Å²) in [6.07, 6.45) is 5.58. The molecule has 1 amide bonds. The Morgan fingerprint density at radius 2 is 1.90 bits per heavy atom. The van der Waals surface area contributed by atoms with Crippen LogP contribution >= 0.6 is 0 Å². The van der Waals surface area contributed by atoms with Gasteiger partial charge in [-0.05, 0) is 50.8 Å². The molecule has 4 nitrogen and oxygen atoms in total. The van der Waals surface area contributed by atoms with Crippen molar-refractivity contribution >= 4 is 5.91 Å². The summed E-state index contributed by atoms with van der Waals surface area (Å²) in [5, 5.41) is 3.54. The third kappa shape index (κ3) is 3.27. The summed E-state index contributed by atoms with van der Waals surface area (Å²) in [5.74, 6) is -0.250. The van der Waals surface area contributed by atoms with Crippen LogP contribution in [0.1, 0.15) is 37.7 Å². The molecule has 1 atom stereocenters. The zero-order valence-corrected chi connectivity index (χ0v) is 12.6. The van der Waals surface area contributed by atoms with Gasteiger partial charge in [-0.2, -0.15) is 0 Å². The SMILES string of the molecule is NC(=O)C(CCN1CCCC1)(NC1CC1)c1ccccc1. The second kappa shape index (κ2) is 6.16. The first-order valence-corrected chi connectivity index (χ1v) is 8.06. The number of carbonyl (C=O) groups is 1. The summed E-state index contributed by atoms with van der Waals surface area (Å²) in [7, 11) is 0. The summed E-state index contributed by atoms with van der Waals surface area (Å²) in [4.78, 5) is 14.8. The molecule has 1 aromatic carbocycles. The van der Waals surface area contributed by atoms with E-state index in [1.165, 1.54) is 12.8 Å². The van der Waals surface area contributed by atoms with E-state index in [1.807, 2.05) is 30.3 Å². The molecule has 1 aromatic rings. The lowest BCUT2D eigenvalue weighted by Crippen LogP contribution is -2.55. The number of nitrogens with two attached hydrogens (primary N) is 1. The molecule has 114 valence electrons. The molecule has 0 bridgehead atoms. The maximum Gasteiger partial charge on any atom is 0.242 e. The Morgan fingerprint density at radius 3 is 2.48 bits per heavy atom. The van der Waals surface area contributed by atoms with Crippen molar-refractivity contribution < 1.29 is 4.79 Å². The minimum atomic E-state index is -0.717. The van der Waals surface area contributed by atoms with Crippen LogP contribution in [0.15, 0.2) is 30.3 Å². The van der Waals surface area contributed by atoms with Crippen molar-refractivity contribution in [2.24, 2.45) is 5.73 Å². The van der Waals surface area contributed by atoms with Gasteiger partial charge < -0.3 is 10.6 Å². The Labute approximate surface area is 126 Å². The second-order valence-corrected chi connectivity index (χ2v) is 6.35. The zero-order chi connectivity index (χ0) is 14.7. The predicted octanol–water partition coefficient (Wildman–Crippen LogP) is 1.61. The molecular formula is C17H25N3O. The Morgan fingerprint density at radius 1 is 1.24 bits per heavy atom. The molecule has 0 spiro atoms. The summed E-state index contributed by atoms with van der Waals surface area (Å²) in [6.45, 7) is 3.22. The summed E-state index contributed by atoms with van der Waals surface area (Å²) < 4.78 is 0. The fraction of sp³-hybridized carbons (Fsp3) is 0.588. The average molecular weight is 287 g/mol. The van der Waals surface area contributed by atoms with Gasteiger partial charge in [0, 0.05) is 12.6 Å². The van der Waals surface area contributed by atoms with Crippen LogP contribution in [0.4, 0.5) is 0 Å². The molecule has 1 saturated carbocycles. The molecule has 21 heavy (non-hydrogen) atoms. The van der Waals surface area contributed by atoms with Gasteiger partial charge in [0.1, 0.15) is 5.54 Å². The van der Waals surface area contributed by atoms with E-state index < -0.39 is 5.54 Å². The van der Waals surface area contributed by atoms with E-state index >= 15 is 0 Å². The van der Waals surface area contributed by atoms with E-state index in [9.17, 15) is 4.79 Å². The molecule has 0 radical (unpaired) electrons. The highest BCUT2D eigenvalue weighted by molar-refractivity contribution is 5.86. The van der Waals surface area contributed by atoms with Gasteiger partial charge in [0.05, 0.1) is 0 Å². The molecule has 1 heterocycles. The molecule has 3 rings (SSSR count). The standard InChI is InChI=1S/C17H25N3O/c18-16(21)17(19-15-8-9-15,14-6-2-1-3-7-14)10-13-20-11-4-5-12-20/h1-3,6-7,15,19H,4-5,8-13H2,(H2,18,21). The van der Waals surface area contributed by atoms with Crippen LogP contribution in [0.5, 0.6) is 0 Å². The monoisotopic (exact) mass is 287 g/mol. The average Bonchev–Trinajstić information content (AvgIpc) is 3.16. The number of nitrogens with one attached hydrogen (secondary N) is 1. The number of amides is 1. The van der Waals surface area contributed by atoms with Gasteiger partial charge in [-0.25, -0.2) is 0 Å². The molecule has 2 fully saturated rings. The highest BCUT2D eigenvalue weighted by atomic mass is 16.1. The minimum Gasteiger partial charge on any atom is -0.368 e. The van der Waals surface area contributed by atoms with Gasteiger partial charge in [0.15, 0.2) is 0 Å². The molecule has 1 aliphatic heterocycles. The first kappa shape index (κ1) is 14.5. The van der Waals surface area contributed by atoms with E-state index in [2.05, 4.69) is 10.2 Å². The maximum atomic E-state index is 12.3. The van der Waals surface area contributed by atoms with Crippen LogP contribution in [-0.4, -0.2) is 36.5 Å². The Kier molecular flexibility index (Phi) is 4.27. The van der Waals surface area contributed by atoms with Crippen LogP contribution in [0.2, 0.25) is 0 Å². The quantitative estimate of drug-likeness (QED) is 0.801. The Hall–Kier alpha value is -1.39. The van der Waals surface area contributed by atoms with E-state index in [1.54, 1.807) is 0 Å². The number of rotatable bonds is 7. The van der Waals surface area contributed by atoms with Crippen molar-refractivity contribution in [3.05, 3.63) is 35.9 Å². The maximum absolute atomic E-state index is 12.3. The van der Waals surface area contributed by atoms with Crippen molar-refractivity contribution in [2.45, 2.75) is 43.7 Å². The normalized spacial score (nSPS) is 22.1. The fourth-order valence-electron chi connectivity index (χ4n) is 3.27. The molecule has 3 N–H and O–H groups in total. The summed E-state index contributed by atoms with van der Waals surface area (Å²) in [6, 6.07) is 10.4. The van der Waals surface area contributed by atoms with Crippen molar-refractivity contribution in [1.29, 1.82) is 0 Å². The minimum absolute atomic E-state index is 0.250. The van der Waals surface area contributed by atoms with Crippen molar-refractivity contribution in [1.82, 2.24) is 10.2 Å². The number of carbonyl (C=O) groups excluding carboxylic acids is 1. The van der Waals surface area contributed by atoms with E-state index in [0.717, 1.165) is 44.5 Å². The van der Waals surface area contributed by atoms with Crippen LogP contribution in [0.3, 0.4) is 0 Å². The van der Waals surface area contributed by atoms with E-state index in [4.69, 9.17) is 5.73 Å². The Bertz CT molecular complexity index is 480. The summed E-state index contributed by atoms with van der Waals surface area (Å²) >= 11 is 0. The largest absolute Gasteiger partial charge is 0.368 e. The smallest absolute Gasteiger partial charge is 0.242 e. The molecule has 1 unspecified atom stereocenters. The number of benzene rings is 1. The number of likely N-dealkylation sites (tertiary alicyclic amines) is 1. The van der Waals surface area contributed by atoms with Gasteiger partial charge in [-0.15, -0.1) is 0 Å². The van der Waals surface area contributed by atoms with Crippen LogP contribution in [0.25, 0.3) is 0 Å². The second-order valence-electron chi connectivity index (χ2n) is 6.35. The van der Waals surface area contributed by atoms with Crippen LogP contribution in [0, 0.1) is 0 Å². The number of hydrogen-bond donors (Lipinski definition) is 2. The zero-order valence-electron chi connectivity index (χ0n) is 12.6. The third-order valence-corrected chi connectivity index (χ3v) is 4.72. The fourth-order valence-corrected chi connectivity index (χ4v) is 3.27. The molecule has 1 aliphatic carbocycles. The van der Waals surface area contributed by atoms with Gasteiger partial charge in [0.25, 0.3) is 0 Å².